The van der Waals surface area contributed by atoms with Gasteiger partial charge in [-0.1, -0.05) is 24.3 Å². The quantitative estimate of drug-likeness (QED) is 0.734. The van der Waals surface area contributed by atoms with Crippen LogP contribution in [0.2, 0.25) is 0 Å². The molecule has 1 aromatic rings. The molecule has 14 heavy (non-hydrogen) atoms. The molecule has 3 nitrogen and oxygen atoms in total. The maximum absolute atomic E-state index is 5.15. The fraction of sp³-hybridized carbons (Fsp3) is 0.455. The van der Waals surface area contributed by atoms with Gasteiger partial charge in [-0.25, -0.2) is 0 Å². The molecule has 0 unspecified atom stereocenters. The minimum Gasteiger partial charge on any atom is -0.380 e. The van der Waals surface area contributed by atoms with Crippen LogP contribution in [-0.2, 0) is 16.1 Å². The van der Waals surface area contributed by atoms with Crippen LogP contribution in [0.3, 0.4) is 0 Å². The maximum Gasteiger partial charge on any atom is 0.0572 e. The average Bonchev–Trinajstić information content (AvgIpc) is 2.14. The lowest BCUT2D eigenvalue weighted by molar-refractivity contribution is 0.00841. The molecule has 0 amide bonds. The van der Waals surface area contributed by atoms with E-state index in [1.807, 2.05) is 0 Å². The first-order valence-electron chi connectivity index (χ1n) is 4.82. The zero-order valence-corrected chi connectivity index (χ0v) is 8.32. The molecule has 0 radical (unpaired) electrons. The topological polar surface area (TPSA) is 30.5 Å². The number of benzene rings is 1. The van der Waals surface area contributed by atoms with Crippen LogP contribution in [0.5, 0.6) is 0 Å². The third-order valence-electron chi connectivity index (χ3n) is 2.51. The molecule has 0 spiro atoms. The molecule has 0 aliphatic carbocycles. The van der Waals surface area contributed by atoms with Gasteiger partial charge in [0, 0.05) is 12.5 Å². The lowest BCUT2D eigenvalue weighted by Gasteiger charge is -2.26. The van der Waals surface area contributed by atoms with Crippen molar-refractivity contribution in [3.05, 3.63) is 35.4 Å². The van der Waals surface area contributed by atoms with E-state index >= 15 is 0 Å². The predicted octanol–water partition coefficient (Wildman–Crippen LogP) is 1.45. The molecule has 3 heteroatoms. The number of hydrogen-bond acceptors (Lipinski definition) is 3. The predicted molar refractivity (Wildman–Crippen MR) is 53.9 cm³/mol. The van der Waals surface area contributed by atoms with E-state index in [-0.39, 0.29) is 0 Å². The van der Waals surface area contributed by atoms with Crippen LogP contribution in [0.4, 0.5) is 0 Å². The van der Waals surface area contributed by atoms with Crippen LogP contribution in [0.15, 0.2) is 24.3 Å². The van der Waals surface area contributed by atoms with Gasteiger partial charge < -0.3 is 9.57 Å². The second kappa shape index (κ2) is 4.55. The highest BCUT2D eigenvalue weighted by atomic mass is 16.6. The minimum absolute atomic E-state index is 0.611. The highest BCUT2D eigenvalue weighted by molar-refractivity contribution is 5.26. The average molecular weight is 193 g/mol. The molecular weight excluding hydrogens is 178 g/mol. The molecule has 1 aliphatic rings. The smallest absolute Gasteiger partial charge is 0.0572 e. The van der Waals surface area contributed by atoms with E-state index in [9.17, 15) is 0 Å². The Bertz CT molecular complexity index is 280. The summed E-state index contributed by atoms with van der Waals surface area (Å²) in [5.74, 6) is 0.611. The van der Waals surface area contributed by atoms with Crippen LogP contribution in [0.25, 0.3) is 0 Å². The molecule has 0 atom stereocenters. The molecule has 1 aliphatic heterocycles. The first kappa shape index (κ1) is 9.65. The molecule has 0 aromatic heterocycles. The third-order valence-corrected chi connectivity index (χ3v) is 2.51. The summed E-state index contributed by atoms with van der Waals surface area (Å²) in [4.78, 5) is 4.79. The zero-order chi connectivity index (χ0) is 9.80. The third kappa shape index (κ3) is 2.12. The van der Waals surface area contributed by atoms with Gasteiger partial charge in [-0.2, -0.15) is 5.48 Å². The Morgan fingerprint density at radius 2 is 2.07 bits per heavy atom. The summed E-state index contributed by atoms with van der Waals surface area (Å²) < 4.78 is 5.15. The van der Waals surface area contributed by atoms with Crippen LogP contribution in [-0.4, -0.2) is 20.3 Å². The maximum atomic E-state index is 5.15. The largest absolute Gasteiger partial charge is 0.380 e. The van der Waals surface area contributed by atoms with Crippen LogP contribution < -0.4 is 5.48 Å². The van der Waals surface area contributed by atoms with Crippen molar-refractivity contribution in [2.24, 2.45) is 0 Å². The van der Waals surface area contributed by atoms with E-state index in [0.717, 1.165) is 19.8 Å². The highest BCUT2D eigenvalue weighted by Gasteiger charge is 2.19. The van der Waals surface area contributed by atoms with Crippen molar-refractivity contribution in [3.8, 4) is 0 Å². The van der Waals surface area contributed by atoms with Gasteiger partial charge in [-0.3, -0.25) is 0 Å². The highest BCUT2D eigenvalue weighted by Crippen LogP contribution is 2.23. The van der Waals surface area contributed by atoms with Gasteiger partial charge in [0.05, 0.1) is 20.3 Å². The second-order valence-electron chi connectivity index (χ2n) is 3.50. The monoisotopic (exact) mass is 193 g/mol. The summed E-state index contributed by atoms with van der Waals surface area (Å²) in [5, 5.41) is 0. The van der Waals surface area contributed by atoms with Gasteiger partial charge >= 0.3 is 0 Å². The van der Waals surface area contributed by atoms with Crippen molar-refractivity contribution in [1.82, 2.24) is 5.48 Å². The second-order valence-corrected chi connectivity index (χ2v) is 3.50. The van der Waals surface area contributed by atoms with Gasteiger partial charge in [-0.15, -0.1) is 0 Å². The van der Waals surface area contributed by atoms with Crippen molar-refractivity contribution >= 4 is 0 Å². The number of rotatable bonds is 4. The van der Waals surface area contributed by atoms with Crippen LogP contribution >= 0.6 is 0 Å². The fourth-order valence-corrected chi connectivity index (χ4v) is 1.49. The molecule has 1 N–H and O–H groups in total. The molecule has 0 saturated carbocycles. The summed E-state index contributed by atoms with van der Waals surface area (Å²) in [6, 6.07) is 8.58. The van der Waals surface area contributed by atoms with Crippen molar-refractivity contribution in [3.63, 3.8) is 0 Å². The summed E-state index contributed by atoms with van der Waals surface area (Å²) in [7, 11) is 1.63. The number of hydrogen-bond donors (Lipinski definition) is 1. The molecule has 76 valence electrons. The lowest BCUT2D eigenvalue weighted by atomic mass is 9.97. The van der Waals surface area contributed by atoms with Gasteiger partial charge in [-0.05, 0) is 11.1 Å². The van der Waals surface area contributed by atoms with Crippen LogP contribution in [0.1, 0.15) is 17.0 Å². The molecule has 1 saturated heterocycles. The lowest BCUT2D eigenvalue weighted by Crippen LogP contribution is -2.25. The SMILES string of the molecule is CONCc1ccc(C2COC2)cc1. The minimum atomic E-state index is 0.611. The van der Waals surface area contributed by atoms with E-state index in [1.165, 1.54) is 11.1 Å². The Morgan fingerprint density at radius 1 is 1.36 bits per heavy atom. The van der Waals surface area contributed by atoms with E-state index < -0.39 is 0 Å². The Kier molecular flexibility index (Phi) is 3.14. The number of hydroxylamine groups is 1. The molecule has 1 aromatic carbocycles. The van der Waals surface area contributed by atoms with Crippen molar-refractivity contribution in [2.75, 3.05) is 20.3 Å². The van der Waals surface area contributed by atoms with E-state index in [1.54, 1.807) is 7.11 Å². The first-order valence-corrected chi connectivity index (χ1v) is 4.82. The first-order chi connectivity index (χ1) is 6.90. The van der Waals surface area contributed by atoms with Crippen molar-refractivity contribution < 1.29 is 9.57 Å². The fourth-order valence-electron chi connectivity index (χ4n) is 1.49. The molecule has 1 heterocycles. The number of ether oxygens (including phenoxy) is 1. The standard InChI is InChI=1S/C11H15NO2/c1-13-12-6-9-2-4-10(5-3-9)11-7-14-8-11/h2-5,11-12H,6-8H2,1H3. The summed E-state index contributed by atoms with van der Waals surface area (Å²) in [6.45, 7) is 2.49. The molecular formula is C11H15NO2. The Labute approximate surface area is 84.0 Å². The van der Waals surface area contributed by atoms with E-state index in [4.69, 9.17) is 9.57 Å². The van der Waals surface area contributed by atoms with E-state index in [0.29, 0.717) is 5.92 Å². The van der Waals surface area contributed by atoms with Gasteiger partial charge in [0.1, 0.15) is 0 Å². The van der Waals surface area contributed by atoms with E-state index in [2.05, 4.69) is 29.7 Å². The number of nitrogens with one attached hydrogen (secondary N) is 1. The molecule has 1 fully saturated rings. The normalized spacial score (nSPS) is 16.6. The summed E-state index contributed by atoms with van der Waals surface area (Å²) >= 11 is 0. The Balaban J connectivity index is 1.95. The Hall–Kier alpha value is -0.900. The molecule has 0 bridgehead atoms. The van der Waals surface area contributed by atoms with Crippen molar-refractivity contribution in [2.45, 2.75) is 12.5 Å². The van der Waals surface area contributed by atoms with Gasteiger partial charge in [0.15, 0.2) is 0 Å². The summed E-state index contributed by atoms with van der Waals surface area (Å²) in [6.07, 6.45) is 0. The summed E-state index contributed by atoms with van der Waals surface area (Å²) in [5.41, 5.74) is 5.42. The van der Waals surface area contributed by atoms with Gasteiger partial charge in [0.2, 0.25) is 0 Å². The van der Waals surface area contributed by atoms with Gasteiger partial charge in [0.25, 0.3) is 0 Å². The van der Waals surface area contributed by atoms with Crippen molar-refractivity contribution in [1.29, 1.82) is 0 Å². The zero-order valence-electron chi connectivity index (χ0n) is 8.32. The van der Waals surface area contributed by atoms with Crippen LogP contribution in [0, 0.1) is 0 Å². The Morgan fingerprint density at radius 3 is 2.57 bits per heavy atom. The molecule has 2 rings (SSSR count).